The van der Waals surface area contributed by atoms with Crippen LogP contribution in [0.2, 0.25) is 5.02 Å². The molecule has 0 saturated heterocycles. The summed E-state index contributed by atoms with van der Waals surface area (Å²) in [6, 6.07) is 17.0. The summed E-state index contributed by atoms with van der Waals surface area (Å²) < 4.78 is 12.4. The summed E-state index contributed by atoms with van der Waals surface area (Å²) >= 11 is 8.29. The SMILES string of the molecule is COc1cc(/C=C(\C#N)C(=O)Nc2cccc(Cl)c2C)cc(I)c1OCc1ccc(C)c(C)c1. The third kappa shape index (κ3) is 6.10. The van der Waals surface area contributed by atoms with E-state index in [1.807, 2.05) is 18.2 Å². The number of carbonyl (C=O) groups is 1. The van der Waals surface area contributed by atoms with Crippen LogP contribution in [0, 0.1) is 35.7 Å². The van der Waals surface area contributed by atoms with E-state index in [1.54, 1.807) is 38.3 Å². The molecule has 7 heteroatoms. The number of amides is 1. The predicted octanol–water partition coefficient (Wildman–Crippen LogP) is 7.00. The van der Waals surface area contributed by atoms with Gasteiger partial charge in [0.15, 0.2) is 11.5 Å². The number of hydrogen-bond donors (Lipinski definition) is 1. The van der Waals surface area contributed by atoms with Crippen molar-refractivity contribution in [2.45, 2.75) is 27.4 Å². The quantitative estimate of drug-likeness (QED) is 0.184. The molecule has 3 aromatic carbocycles. The van der Waals surface area contributed by atoms with Crippen molar-refractivity contribution in [3.05, 3.63) is 90.5 Å². The molecule has 34 heavy (non-hydrogen) atoms. The van der Waals surface area contributed by atoms with Crippen LogP contribution in [0.15, 0.2) is 54.1 Å². The van der Waals surface area contributed by atoms with Crippen LogP contribution < -0.4 is 14.8 Å². The van der Waals surface area contributed by atoms with Gasteiger partial charge in [0.1, 0.15) is 18.2 Å². The van der Waals surface area contributed by atoms with Gasteiger partial charge in [-0.1, -0.05) is 35.9 Å². The fourth-order valence-corrected chi connectivity index (χ4v) is 4.22. The van der Waals surface area contributed by atoms with Gasteiger partial charge in [0, 0.05) is 10.7 Å². The molecule has 0 aliphatic carbocycles. The highest BCUT2D eigenvalue weighted by molar-refractivity contribution is 14.1. The van der Waals surface area contributed by atoms with Crippen LogP contribution in [-0.2, 0) is 11.4 Å². The van der Waals surface area contributed by atoms with E-state index in [0.717, 1.165) is 14.7 Å². The number of ether oxygens (including phenoxy) is 2. The van der Waals surface area contributed by atoms with E-state index < -0.39 is 5.91 Å². The number of nitrogens with zero attached hydrogens (tertiary/aromatic N) is 1. The van der Waals surface area contributed by atoms with Gasteiger partial charge in [0.05, 0.1) is 10.7 Å². The van der Waals surface area contributed by atoms with E-state index in [-0.39, 0.29) is 5.57 Å². The molecule has 0 radical (unpaired) electrons. The van der Waals surface area contributed by atoms with Gasteiger partial charge in [-0.05, 0) is 102 Å². The van der Waals surface area contributed by atoms with E-state index in [2.05, 4.69) is 53.9 Å². The van der Waals surface area contributed by atoms with Crippen LogP contribution in [0.5, 0.6) is 11.5 Å². The Morgan fingerprint density at radius 2 is 1.91 bits per heavy atom. The molecule has 0 aromatic heterocycles. The minimum atomic E-state index is -0.517. The van der Waals surface area contributed by atoms with Gasteiger partial charge in [-0.25, -0.2) is 0 Å². The lowest BCUT2D eigenvalue weighted by Crippen LogP contribution is -2.14. The van der Waals surface area contributed by atoms with E-state index in [0.29, 0.717) is 34.4 Å². The van der Waals surface area contributed by atoms with E-state index in [1.165, 1.54) is 17.2 Å². The van der Waals surface area contributed by atoms with Gasteiger partial charge >= 0.3 is 0 Å². The van der Waals surface area contributed by atoms with Gasteiger partial charge in [0.2, 0.25) is 0 Å². The molecule has 3 rings (SSSR count). The predicted molar refractivity (Wildman–Crippen MR) is 144 cm³/mol. The molecule has 0 aliphatic heterocycles. The average Bonchev–Trinajstić information content (AvgIpc) is 2.81. The number of anilines is 1. The molecule has 0 unspecified atom stereocenters. The molecule has 0 spiro atoms. The van der Waals surface area contributed by atoms with Gasteiger partial charge in [0.25, 0.3) is 5.91 Å². The largest absolute Gasteiger partial charge is 0.493 e. The molecule has 174 valence electrons. The lowest BCUT2D eigenvalue weighted by molar-refractivity contribution is -0.112. The zero-order chi connectivity index (χ0) is 24.8. The Bertz CT molecular complexity index is 1310. The maximum absolute atomic E-state index is 12.7. The molecule has 3 aromatic rings. The van der Waals surface area contributed by atoms with Crippen LogP contribution in [0.1, 0.15) is 27.8 Å². The van der Waals surface area contributed by atoms with Crippen LogP contribution >= 0.6 is 34.2 Å². The Balaban J connectivity index is 1.83. The summed E-state index contributed by atoms with van der Waals surface area (Å²) in [5.74, 6) is 0.610. The van der Waals surface area contributed by atoms with E-state index >= 15 is 0 Å². The van der Waals surface area contributed by atoms with Crippen molar-refractivity contribution in [1.29, 1.82) is 5.26 Å². The van der Waals surface area contributed by atoms with Crippen LogP contribution in [0.25, 0.3) is 6.08 Å². The normalized spacial score (nSPS) is 11.0. The number of carbonyl (C=O) groups excluding carboxylic acids is 1. The number of nitriles is 1. The number of nitrogens with one attached hydrogen (secondary N) is 1. The summed E-state index contributed by atoms with van der Waals surface area (Å²) in [6.45, 7) is 6.34. The van der Waals surface area contributed by atoms with Gasteiger partial charge in [-0.15, -0.1) is 0 Å². The van der Waals surface area contributed by atoms with Crippen LogP contribution in [-0.4, -0.2) is 13.0 Å². The first-order valence-electron chi connectivity index (χ1n) is 10.5. The minimum absolute atomic E-state index is 0.0407. The van der Waals surface area contributed by atoms with Crippen molar-refractivity contribution in [2.24, 2.45) is 0 Å². The Labute approximate surface area is 218 Å². The number of benzene rings is 3. The van der Waals surface area contributed by atoms with E-state index in [9.17, 15) is 10.1 Å². The molecule has 0 aliphatic rings. The van der Waals surface area contributed by atoms with Crippen molar-refractivity contribution >= 4 is 51.9 Å². The third-order valence-electron chi connectivity index (χ3n) is 5.40. The van der Waals surface area contributed by atoms with Crippen molar-refractivity contribution in [1.82, 2.24) is 0 Å². The standard InChI is InChI=1S/C27H24ClIN2O3/c1-16-8-9-19(10-17(16)2)15-34-26-23(29)12-20(13-25(26)33-4)11-21(14-30)27(32)31-24-7-5-6-22(28)18(24)3/h5-13H,15H2,1-4H3,(H,31,32)/b21-11+. The molecule has 5 nitrogen and oxygen atoms in total. The Hall–Kier alpha value is -3.02. The second-order valence-corrected chi connectivity index (χ2v) is 9.35. The molecular weight excluding hydrogens is 563 g/mol. The minimum Gasteiger partial charge on any atom is -0.493 e. The maximum atomic E-state index is 12.7. The lowest BCUT2D eigenvalue weighted by Gasteiger charge is -2.14. The summed E-state index contributed by atoms with van der Waals surface area (Å²) in [5, 5.41) is 12.9. The molecule has 0 atom stereocenters. The zero-order valence-electron chi connectivity index (χ0n) is 19.3. The van der Waals surface area contributed by atoms with Crippen molar-refractivity contribution in [2.75, 3.05) is 12.4 Å². The Morgan fingerprint density at radius 1 is 1.15 bits per heavy atom. The van der Waals surface area contributed by atoms with Crippen LogP contribution in [0.4, 0.5) is 5.69 Å². The highest BCUT2D eigenvalue weighted by Crippen LogP contribution is 2.35. The van der Waals surface area contributed by atoms with Gasteiger partial charge < -0.3 is 14.8 Å². The number of hydrogen-bond acceptors (Lipinski definition) is 4. The zero-order valence-corrected chi connectivity index (χ0v) is 22.2. The second kappa shape index (κ2) is 11.4. The number of halogens is 2. The number of aryl methyl sites for hydroxylation is 2. The Kier molecular flexibility index (Phi) is 8.59. The van der Waals surface area contributed by atoms with Crippen molar-refractivity contribution in [3.8, 4) is 17.6 Å². The molecular formula is C27H24ClIN2O3. The lowest BCUT2D eigenvalue weighted by atomic mass is 10.1. The summed E-state index contributed by atoms with van der Waals surface area (Å²) in [5.41, 5.74) is 5.39. The highest BCUT2D eigenvalue weighted by Gasteiger charge is 2.15. The number of methoxy groups -OCH3 is 1. The second-order valence-electron chi connectivity index (χ2n) is 7.78. The first-order valence-corrected chi connectivity index (χ1v) is 11.9. The van der Waals surface area contributed by atoms with Crippen molar-refractivity contribution < 1.29 is 14.3 Å². The molecule has 1 N–H and O–H groups in total. The summed E-state index contributed by atoms with van der Waals surface area (Å²) in [4.78, 5) is 12.7. The smallest absolute Gasteiger partial charge is 0.266 e. The Morgan fingerprint density at radius 3 is 2.59 bits per heavy atom. The fraction of sp³-hybridized carbons (Fsp3) is 0.185. The molecule has 1 amide bonds. The molecule has 0 fully saturated rings. The highest BCUT2D eigenvalue weighted by atomic mass is 127. The average molecular weight is 587 g/mol. The third-order valence-corrected chi connectivity index (χ3v) is 6.61. The molecule has 0 heterocycles. The fourth-order valence-electron chi connectivity index (χ4n) is 3.26. The maximum Gasteiger partial charge on any atom is 0.266 e. The first-order chi connectivity index (χ1) is 16.2. The molecule has 0 saturated carbocycles. The van der Waals surface area contributed by atoms with Crippen molar-refractivity contribution in [3.63, 3.8) is 0 Å². The first kappa shape index (κ1) is 25.6. The topological polar surface area (TPSA) is 71.3 Å². The summed E-state index contributed by atoms with van der Waals surface area (Å²) in [6.07, 6.45) is 1.52. The number of rotatable bonds is 7. The van der Waals surface area contributed by atoms with Crippen LogP contribution in [0.3, 0.4) is 0 Å². The van der Waals surface area contributed by atoms with E-state index in [4.69, 9.17) is 21.1 Å². The van der Waals surface area contributed by atoms with Gasteiger partial charge in [-0.2, -0.15) is 5.26 Å². The molecule has 0 bridgehead atoms. The van der Waals surface area contributed by atoms with Gasteiger partial charge in [-0.3, -0.25) is 4.79 Å². The monoisotopic (exact) mass is 586 g/mol. The summed E-state index contributed by atoms with van der Waals surface area (Å²) in [7, 11) is 1.56.